The lowest BCUT2D eigenvalue weighted by Crippen LogP contribution is -2.39. The summed E-state index contributed by atoms with van der Waals surface area (Å²) in [6.07, 6.45) is 4.38. The van der Waals surface area contributed by atoms with E-state index in [9.17, 15) is 4.79 Å². The number of hydrogen-bond acceptors (Lipinski definition) is 2. The number of rotatable bonds is 6. The zero-order valence-corrected chi connectivity index (χ0v) is 19.1. The molecule has 1 aliphatic rings. The summed E-state index contributed by atoms with van der Waals surface area (Å²) in [6, 6.07) is 18.4. The van der Waals surface area contributed by atoms with Gasteiger partial charge >= 0.3 is 0 Å². The van der Waals surface area contributed by atoms with Crippen LogP contribution in [0.3, 0.4) is 0 Å². The predicted octanol–water partition coefficient (Wildman–Crippen LogP) is 5.36. The predicted molar refractivity (Wildman–Crippen MR) is 129 cm³/mol. The fourth-order valence-corrected chi connectivity index (χ4v) is 4.51. The van der Waals surface area contributed by atoms with Crippen molar-refractivity contribution in [3.8, 4) is 0 Å². The number of piperidine rings is 1. The molecule has 1 heterocycles. The summed E-state index contributed by atoms with van der Waals surface area (Å²) in [5, 5.41) is 7.23. The van der Waals surface area contributed by atoms with Gasteiger partial charge in [0.05, 0.1) is 0 Å². The van der Waals surface area contributed by atoms with Crippen LogP contribution in [0.4, 0.5) is 5.69 Å². The molecule has 2 aromatic rings. The van der Waals surface area contributed by atoms with Crippen molar-refractivity contribution in [2.75, 3.05) is 18.4 Å². The SMILES string of the molecule is CC(CC(C)(C)c1ccccc1)NC(=S)Nc1ccc(C(=O)N2CCCCC2)cc1. The summed E-state index contributed by atoms with van der Waals surface area (Å²) in [5.74, 6) is 0.124. The number of carbonyl (C=O) groups is 1. The van der Waals surface area contributed by atoms with Crippen LogP contribution < -0.4 is 10.6 Å². The molecule has 1 atom stereocenters. The van der Waals surface area contributed by atoms with Gasteiger partial charge in [0, 0.05) is 30.4 Å². The Hall–Kier alpha value is -2.40. The van der Waals surface area contributed by atoms with Gasteiger partial charge in [-0.25, -0.2) is 0 Å². The monoisotopic (exact) mass is 423 g/mol. The second-order valence-electron chi connectivity index (χ2n) is 8.88. The largest absolute Gasteiger partial charge is 0.360 e. The number of nitrogens with one attached hydrogen (secondary N) is 2. The molecule has 0 aliphatic carbocycles. The molecule has 5 heteroatoms. The summed E-state index contributed by atoms with van der Waals surface area (Å²) >= 11 is 5.51. The lowest BCUT2D eigenvalue weighted by Gasteiger charge is -2.29. The Morgan fingerprint density at radius 2 is 1.67 bits per heavy atom. The highest BCUT2D eigenvalue weighted by Gasteiger charge is 2.23. The van der Waals surface area contributed by atoms with Crippen LogP contribution in [0.25, 0.3) is 0 Å². The van der Waals surface area contributed by atoms with E-state index in [1.165, 1.54) is 12.0 Å². The highest BCUT2D eigenvalue weighted by atomic mass is 32.1. The third-order valence-electron chi connectivity index (χ3n) is 5.78. The van der Waals surface area contributed by atoms with E-state index in [0.29, 0.717) is 5.11 Å². The summed E-state index contributed by atoms with van der Waals surface area (Å²) < 4.78 is 0. The molecule has 1 fully saturated rings. The van der Waals surface area contributed by atoms with E-state index in [1.807, 2.05) is 35.2 Å². The third-order valence-corrected chi connectivity index (χ3v) is 6.00. The highest BCUT2D eigenvalue weighted by molar-refractivity contribution is 7.80. The zero-order valence-electron chi connectivity index (χ0n) is 18.3. The van der Waals surface area contributed by atoms with Gasteiger partial charge in [0.25, 0.3) is 5.91 Å². The molecule has 3 rings (SSSR count). The molecule has 1 amide bonds. The second kappa shape index (κ2) is 10.1. The number of thiocarbonyl (C=S) groups is 1. The summed E-state index contributed by atoms with van der Waals surface area (Å²) in [5.41, 5.74) is 3.00. The smallest absolute Gasteiger partial charge is 0.253 e. The first-order chi connectivity index (χ1) is 14.3. The van der Waals surface area contributed by atoms with Gasteiger partial charge in [-0.05, 0) is 80.1 Å². The Morgan fingerprint density at radius 1 is 1.03 bits per heavy atom. The molecular weight excluding hydrogens is 390 g/mol. The van der Waals surface area contributed by atoms with Gasteiger partial charge < -0.3 is 15.5 Å². The van der Waals surface area contributed by atoms with E-state index in [4.69, 9.17) is 12.2 Å². The Bertz CT molecular complexity index is 842. The fourth-order valence-electron chi connectivity index (χ4n) is 4.19. The number of benzene rings is 2. The lowest BCUT2D eigenvalue weighted by atomic mass is 9.79. The molecule has 2 aromatic carbocycles. The number of carbonyl (C=O) groups excluding carboxylic acids is 1. The van der Waals surface area contributed by atoms with Crippen molar-refractivity contribution < 1.29 is 4.79 Å². The average molecular weight is 424 g/mol. The van der Waals surface area contributed by atoms with Crippen LogP contribution >= 0.6 is 12.2 Å². The molecule has 0 aromatic heterocycles. The first kappa shape index (κ1) is 22.3. The standard InChI is InChI=1S/C25H33N3OS/c1-19(18-25(2,3)21-10-6-4-7-11-21)26-24(30)27-22-14-12-20(13-15-22)23(29)28-16-8-5-9-17-28/h4,6-7,10-15,19H,5,8-9,16-18H2,1-3H3,(H2,26,27,30). The minimum atomic E-state index is 0.0553. The summed E-state index contributed by atoms with van der Waals surface area (Å²) in [6.45, 7) is 8.40. The molecular formula is C25H33N3OS. The van der Waals surface area contributed by atoms with Gasteiger partial charge in [0.1, 0.15) is 0 Å². The zero-order chi connectivity index (χ0) is 21.6. The molecule has 2 N–H and O–H groups in total. The van der Waals surface area contributed by atoms with E-state index in [2.05, 4.69) is 55.7 Å². The molecule has 1 saturated heterocycles. The van der Waals surface area contributed by atoms with Crippen LogP contribution in [0.2, 0.25) is 0 Å². The number of likely N-dealkylation sites (tertiary alicyclic amines) is 1. The number of hydrogen-bond donors (Lipinski definition) is 2. The third kappa shape index (κ3) is 6.05. The maximum absolute atomic E-state index is 12.6. The van der Waals surface area contributed by atoms with Gasteiger partial charge in [-0.15, -0.1) is 0 Å². The maximum atomic E-state index is 12.6. The van der Waals surface area contributed by atoms with E-state index >= 15 is 0 Å². The van der Waals surface area contributed by atoms with Crippen molar-refractivity contribution in [1.82, 2.24) is 10.2 Å². The Labute approximate surface area is 186 Å². The van der Waals surface area contributed by atoms with E-state index in [0.717, 1.165) is 43.6 Å². The van der Waals surface area contributed by atoms with Crippen LogP contribution in [0.15, 0.2) is 54.6 Å². The summed E-state index contributed by atoms with van der Waals surface area (Å²) in [7, 11) is 0. The van der Waals surface area contributed by atoms with Crippen LogP contribution in [-0.2, 0) is 5.41 Å². The summed E-state index contributed by atoms with van der Waals surface area (Å²) in [4.78, 5) is 14.5. The Kier molecular flexibility index (Phi) is 7.48. The van der Waals surface area contributed by atoms with Gasteiger partial charge in [0.2, 0.25) is 0 Å². The van der Waals surface area contributed by atoms with Gasteiger partial charge in [-0.3, -0.25) is 4.79 Å². The van der Waals surface area contributed by atoms with Crippen LogP contribution in [0, 0.1) is 0 Å². The van der Waals surface area contributed by atoms with Crippen molar-refractivity contribution in [2.45, 2.75) is 57.9 Å². The van der Waals surface area contributed by atoms with Crippen molar-refractivity contribution in [2.24, 2.45) is 0 Å². The van der Waals surface area contributed by atoms with Gasteiger partial charge in [-0.1, -0.05) is 44.2 Å². The van der Waals surface area contributed by atoms with E-state index in [-0.39, 0.29) is 17.4 Å². The van der Waals surface area contributed by atoms with Gasteiger partial charge in [0.15, 0.2) is 5.11 Å². The molecule has 0 spiro atoms. The number of amides is 1. The van der Waals surface area contributed by atoms with Gasteiger partial charge in [-0.2, -0.15) is 0 Å². The minimum absolute atomic E-state index is 0.0553. The van der Waals surface area contributed by atoms with Crippen molar-refractivity contribution in [3.63, 3.8) is 0 Å². The molecule has 0 radical (unpaired) electrons. The second-order valence-corrected chi connectivity index (χ2v) is 9.29. The van der Waals surface area contributed by atoms with E-state index in [1.54, 1.807) is 0 Å². The van der Waals surface area contributed by atoms with Crippen molar-refractivity contribution >= 4 is 28.9 Å². The Balaban J connectivity index is 1.51. The molecule has 4 nitrogen and oxygen atoms in total. The fraction of sp³-hybridized carbons (Fsp3) is 0.440. The molecule has 0 bridgehead atoms. The van der Waals surface area contributed by atoms with Crippen LogP contribution in [0.1, 0.15) is 62.4 Å². The van der Waals surface area contributed by atoms with E-state index < -0.39 is 0 Å². The topological polar surface area (TPSA) is 44.4 Å². The average Bonchev–Trinajstić information content (AvgIpc) is 2.74. The quantitative estimate of drug-likeness (QED) is 0.614. The molecule has 1 unspecified atom stereocenters. The number of nitrogens with zero attached hydrogens (tertiary/aromatic N) is 1. The number of anilines is 1. The minimum Gasteiger partial charge on any atom is -0.360 e. The molecule has 30 heavy (non-hydrogen) atoms. The first-order valence-electron chi connectivity index (χ1n) is 10.9. The van der Waals surface area contributed by atoms with Crippen LogP contribution in [0.5, 0.6) is 0 Å². The normalized spacial score (nSPS) is 15.4. The highest BCUT2D eigenvalue weighted by Crippen LogP contribution is 2.28. The Morgan fingerprint density at radius 3 is 2.30 bits per heavy atom. The maximum Gasteiger partial charge on any atom is 0.253 e. The van der Waals surface area contributed by atoms with Crippen molar-refractivity contribution in [1.29, 1.82) is 0 Å². The molecule has 0 saturated carbocycles. The molecule has 160 valence electrons. The first-order valence-corrected chi connectivity index (χ1v) is 11.3. The lowest BCUT2D eigenvalue weighted by molar-refractivity contribution is 0.0724. The molecule has 1 aliphatic heterocycles. The van der Waals surface area contributed by atoms with Crippen LogP contribution in [-0.4, -0.2) is 35.1 Å². The van der Waals surface area contributed by atoms with Crippen molar-refractivity contribution in [3.05, 3.63) is 65.7 Å².